The molecule has 7 N–H and O–H groups in total. The zero-order valence-electron chi connectivity index (χ0n) is 30.8. The number of Topliss-reactive ketones (excluding diaryl/α,β-unsaturated/α-hetero) is 1. The van der Waals surface area contributed by atoms with Crippen molar-refractivity contribution in [3.8, 4) is 5.75 Å². The summed E-state index contributed by atoms with van der Waals surface area (Å²) < 4.78 is 17.5. The summed E-state index contributed by atoms with van der Waals surface area (Å²) in [7, 11) is 3.85. The third-order valence-electron chi connectivity index (χ3n) is 10.6. The largest absolute Gasteiger partial charge is 0.496 e. The SMILES string of the molecule is COC1=CC(=O)C2=C3C1=C1C(OC)=CC(=O)c4c(NC(CCC(=O)O)C(=O)O)c(OC)c5c(c41)C3C(=C(NC(CCC(=O)O)C(=O)O)C2O)C=C(C)C5C(C)=O. The minimum atomic E-state index is -1.81. The number of aliphatic hydroxyl groups excluding tert-OH is 1. The third-order valence-corrected chi connectivity index (χ3v) is 10.6. The molecule has 0 aliphatic heterocycles. The molecule has 5 atom stereocenters. The molecule has 5 unspecified atom stereocenters. The summed E-state index contributed by atoms with van der Waals surface area (Å²) in [6.07, 6.45) is 0.0628. The lowest BCUT2D eigenvalue weighted by Gasteiger charge is -2.44. The Hall–Kier alpha value is -6.49. The van der Waals surface area contributed by atoms with Gasteiger partial charge >= 0.3 is 23.9 Å². The summed E-state index contributed by atoms with van der Waals surface area (Å²) in [6.45, 7) is 2.90. The lowest BCUT2D eigenvalue weighted by Crippen LogP contribution is -2.45. The molecule has 0 saturated carbocycles. The zero-order valence-corrected chi connectivity index (χ0v) is 30.8. The molecule has 0 radical (unpaired) electrons. The number of aliphatic carboxylic acids is 4. The number of carbonyl (C=O) groups excluding carboxylic acids is 3. The van der Waals surface area contributed by atoms with E-state index in [0.29, 0.717) is 5.57 Å². The molecule has 56 heavy (non-hydrogen) atoms. The number of ketones is 3. The van der Waals surface area contributed by atoms with E-state index in [2.05, 4.69) is 10.6 Å². The Morgan fingerprint density at radius 1 is 0.732 bits per heavy atom. The molecule has 5 aliphatic rings. The first-order valence-corrected chi connectivity index (χ1v) is 17.4. The van der Waals surface area contributed by atoms with Gasteiger partial charge in [-0.3, -0.25) is 24.0 Å². The van der Waals surface area contributed by atoms with Gasteiger partial charge in [-0.05, 0) is 43.4 Å². The average Bonchev–Trinajstić information content (AvgIpc) is 3.26. The van der Waals surface area contributed by atoms with Crippen LogP contribution in [0.15, 0.2) is 63.3 Å². The number of allylic oxidation sites excluding steroid dienone is 7. The zero-order chi connectivity index (χ0) is 41.1. The Morgan fingerprint density at radius 2 is 1.29 bits per heavy atom. The minimum Gasteiger partial charge on any atom is -0.496 e. The van der Waals surface area contributed by atoms with Crippen molar-refractivity contribution in [3.05, 3.63) is 85.6 Å². The molecule has 0 amide bonds. The van der Waals surface area contributed by atoms with Crippen molar-refractivity contribution < 1.29 is 73.3 Å². The quantitative estimate of drug-likeness (QED) is 0.127. The highest BCUT2D eigenvalue weighted by Gasteiger charge is 2.53. The molecule has 5 aliphatic carbocycles. The third kappa shape index (κ3) is 6.13. The van der Waals surface area contributed by atoms with Gasteiger partial charge in [-0.2, -0.15) is 0 Å². The number of methoxy groups -OCH3 is 3. The van der Waals surface area contributed by atoms with Crippen LogP contribution in [0.3, 0.4) is 0 Å². The molecule has 1 aromatic rings. The fourth-order valence-electron chi connectivity index (χ4n) is 8.40. The number of aliphatic hydroxyl groups is 1. The molecule has 0 spiro atoms. The Bertz CT molecular complexity index is 2250. The monoisotopic (exact) mass is 774 g/mol. The van der Waals surface area contributed by atoms with Gasteiger partial charge in [0.2, 0.25) is 0 Å². The van der Waals surface area contributed by atoms with E-state index in [-0.39, 0.29) is 78.8 Å². The van der Waals surface area contributed by atoms with Crippen LogP contribution in [0.4, 0.5) is 5.69 Å². The topological polar surface area (TPSA) is 272 Å². The molecular formula is C39H38N2O15. The lowest BCUT2D eigenvalue weighted by atomic mass is 9.61. The van der Waals surface area contributed by atoms with E-state index in [1.54, 1.807) is 13.0 Å². The lowest BCUT2D eigenvalue weighted by molar-refractivity contribution is -0.142. The summed E-state index contributed by atoms with van der Waals surface area (Å²) in [6, 6.07) is -3.14. The Kier molecular flexibility index (Phi) is 10.2. The second-order valence-corrected chi connectivity index (χ2v) is 13.8. The number of ether oxygens (including phenoxy) is 3. The van der Waals surface area contributed by atoms with Gasteiger partial charge in [0, 0.05) is 64.5 Å². The summed E-state index contributed by atoms with van der Waals surface area (Å²) >= 11 is 0. The highest BCUT2D eigenvalue weighted by atomic mass is 16.5. The molecule has 0 bridgehead atoms. The van der Waals surface area contributed by atoms with Crippen molar-refractivity contribution >= 4 is 52.5 Å². The van der Waals surface area contributed by atoms with E-state index in [1.165, 1.54) is 28.3 Å². The molecule has 17 nitrogen and oxygen atoms in total. The first-order valence-electron chi connectivity index (χ1n) is 17.4. The van der Waals surface area contributed by atoms with E-state index in [4.69, 9.17) is 14.2 Å². The van der Waals surface area contributed by atoms with Gasteiger partial charge in [-0.25, -0.2) is 9.59 Å². The van der Waals surface area contributed by atoms with Crippen molar-refractivity contribution in [3.63, 3.8) is 0 Å². The molecule has 17 heteroatoms. The molecule has 294 valence electrons. The van der Waals surface area contributed by atoms with Crippen molar-refractivity contribution in [2.24, 2.45) is 0 Å². The predicted molar refractivity (Wildman–Crippen MR) is 193 cm³/mol. The molecule has 0 saturated heterocycles. The highest BCUT2D eigenvalue weighted by Crippen LogP contribution is 2.63. The van der Waals surface area contributed by atoms with Crippen molar-refractivity contribution in [1.29, 1.82) is 0 Å². The van der Waals surface area contributed by atoms with E-state index >= 15 is 0 Å². The molecule has 6 rings (SSSR count). The number of carbonyl (C=O) groups is 7. The number of hydrogen-bond donors (Lipinski definition) is 7. The Balaban J connectivity index is 1.82. The Labute approximate surface area is 318 Å². The second kappa shape index (κ2) is 14.6. The van der Waals surface area contributed by atoms with Crippen LogP contribution in [0, 0.1) is 0 Å². The smallest absolute Gasteiger partial charge is 0.326 e. The molecule has 0 heterocycles. The van der Waals surface area contributed by atoms with Gasteiger partial charge in [0.1, 0.15) is 41.2 Å². The van der Waals surface area contributed by atoms with Crippen LogP contribution in [0.1, 0.15) is 78.4 Å². The maximum atomic E-state index is 14.4. The van der Waals surface area contributed by atoms with Crippen molar-refractivity contribution in [2.75, 3.05) is 26.6 Å². The number of benzene rings is 1. The number of rotatable bonds is 16. The molecular weight excluding hydrogens is 736 g/mol. The van der Waals surface area contributed by atoms with E-state index in [0.717, 1.165) is 12.2 Å². The van der Waals surface area contributed by atoms with Crippen molar-refractivity contribution in [1.82, 2.24) is 5.32 Å². The highest BCUT2D eigenvalue weighted by molar-refractivity contribution is 6.21. The van der Waals surface area contributed by atoms with Crippen LogP contribution in [0.5, 0.6) is 5.75 Å². The van der Waals surface area contributed by atoms with Crippen LogP contribution >= 0.6 is 0 Å². The van der Waals surface area contributed by atoms with Crippen LogP contribution in [-0.4, -0.2) is 106 Å². The summed E-state index contributed by atoms with van der Waals surface area (Å²) in [5.41, 5.74) is 1.03. The van der Waals surface area contributed by atoms with Crippen LogP contribution in [0.25, 0.3) is 5.57 Å². The summed E-state index contributed by atoms with van der Waals surface area (Å²) in [5.74, 6) is -9.72. The second-order valence-electron chi connectivity index (χ2n) is 13.8. The standard InChI is InChI=1S/C39H38N2O15/c1-13-10-15-25-30-27(36(49)34(15)40-16(38(50)51)6-8-22(45)46)19(44)12-21(55-4)28(30)29-20(54-3)11-18(43)26-32(29)31(25)33(24(13)14(2)42)37(56-5)35(26)41-17(39(52)53)7-9-23(47)48/h10-12,16-17,24-25,36,40-41,49H,6-9H2,1-5H3,(H,45,46)(H,47,48)(H,50,51)(H,52,53). The van der Waals surface area contributed by atoms with Gasteiger partial charge in [0.25, 0.3) is 0 Å². The predicted octanol–water partition coefficient (Wildman–Crippen LogP) is 2.58. The summed E-state index contributed by atoms with van der Waals surface area (Å²) in [4.78, 5) is 90.4. The van der Waals surface area contributed by atoms with Crippen LogP contribution < -0.4 is 15.4 Å². The van der Waals surface area contributed by atoms with Gasteiger partial charge in [-0.1, -0.05) is 11.6 Å². The van der Waals surface area contributed by atoms with E-state index in [1.807, 2.05) is 0 Å². The van der Waals surface area contributed by atoms with Crippen molar-refractivity contribution in [2.45, 2.75) is 69.6 Å². The van der Waals surface area contributed by atoms with Gasteiger partial charge in [-0.15, -0.1) is 0 Å². The maximum absolute atomic E-state index is 14.4. The van der Waals surface area contributed by atoms with Crippen LogP contribution in [-0.2, 0) is 38.2 Å². The molecule has 0 fully saturated rings. The normalized spacial score (nSPS) is 21.5. The summed E-state index contributed by atoms with van der Waals surface area (Å²) in [5, 5.41) is 56.9. The van der Waals surface area contributed by atoms with Gasteiger partial charge in [0.15, 0.2) is 11.6 Å². The fraction of sp³-hybridized carbons (Fsp3) is 0.359. The number of hydrogen-bond acceptors (Lipinski definition) is 13. The van der Waals surface area contributed by atoms with E-state index < -0.39 is 96.9 Å². The van der Waals surface area contributed by atoms with Gasteiger partial charge < -0.3 is 50.4 Å². The molecule has 0 aromatic heterocycles. The minimum absolute atomic E-state index is 0.00376. The first-order chi connectivity index (χ1) is 26.5. The number of nitrogens with one attached hydrogen (secondary N) is 2. The number of carboxylic acid groups (broad SMARTS) is 4. The molecule has 1 aromatic carbocycles. The van der Waals surface area contributed by atoms with Gasteiger partial charge in [0.05, 0.1) is 38.5 Å². The number of carboxylic acids is 4. The first kappa shape index (κ1) is 39.2. The van der Waals surface area contributed by atoms with E-state index in [9.17, 15) is 59.1 Å². The number of anilines is 1. The van der Waals surface area contributed by atoms with Crippen LogP contribution in [0.2, 0.25) is 0 Å². The maximum Gasteiger partial charge on any atom is 0.326 e. The Morgan fingerprint density at radius 3 is 1.80 bits per heavy atom. The average molecular weight is 775 g/mol. The fourth-order valence-corrected chi connectivity index (χ4v) is 8.40.